The van der Waals surface area contributed by atoms with Crippen molar-refractivity contribution in [1.82, 2.24) is 9.55 Å². The SMILES string of the molecule is CCCCN(C(=O)c1ccc(Cl)cc1)c1c(N)n(Cc2ccccc2)c(=O)[nH]c1=O. The van der Waals surface area contributed by atoms with Crippen molar-refractivity contribution in [2.45, 2.75) is 26.3 Å². The number of aromatic nitrogens is 2. The predicted molar refractivity (Wildman–Crippen MR) is 119 cm³/mol. The first-order valence-corrected chi connectivity index (χ1v) is 10.0. The number of nitrogen functional groups attached to an aromatic ring is 1. The topological polar surface area (TPSA) is 101 Å². The molecule has 8 heteroatoms. The third kappa shape index (κ3) is 4.63. The summed E-state index contributed by atoms with van der Waals surface area (Å²) in [4.78, 5) is 42.0. The number of hydrogen-bond acceptors (Lipinski definition) is 4. The highest BCUT2D eigenvalue weighted by molar-refractivity contribution is 6.30. The van der Waals surface area contributed by atoms with Crippen LogP contribution in [0.4, 0.5) is 11.5 Å². The van der Waals surface area contributed by atoms with Gasteiger partial charge >= 0.3 is 5.69 Å². The van der Waals surface area contributed by atoms with Crippen LogP contribution in [0.3, 0.4) is 0 Å². The van der Waals surface area contributed by atoms with E-state index in [0.29, 0.717) is 17.0 Å². The molecule has 0 saturated carbocycles. The lowest BCUT2D eigenvalue weighted by Crippen LogP contribution is -2.41. The highest BCUT2D eigenvalue weighted by atomic mass is 35.5. The average Bonchev–Trinajstić information content (AvgIpc) is 2.74. The van der Waals surface area contributed by atoms with Crippen LogP contribution in [0.25, 0.3) is 0 Å². The van der Waals surface area contributed by atoms with Crippen LogP contribution >= 0.6 is 11.6 Å². The first kappa shape index (κ1) is 21.4. The smallest absolute Gasteiger partial charge is 0.330 e. The molecule has 7 nitrogen and oxygen atoms in total. The molecule has 2 aromatic carbocycles. The monoisotopic (exact) mass is 426 g/mol. The van der Waals surface area contributed by atoms with Gasteiger partial charge in [0, 0.05) is 17.1 Å². The largest absolute Gasteiger partial charge is 0.383 e. The van der Waals surface area contributed by atoms with E-state index in [9.17, 15) is 14.4 Å². The number of benzene rings is 2. The number of amides is 1. The molecule has 0 aliphatic carbocycles. The number of aromatic amines is 1. The summed E-state index contributed by atoms with van der Waals surface area (Å²) in [7, 11) is 0. The summed E-state index contributed by atoms with van der Waals surface area (Å²) in [5.41, 5.74) is 6.14. The molecule has 0 atom stereocenters. The lowest BCUT2D eigenvalue weighted by Gasteiger charge is -2.24. The highest BCUT2D eigenvalue weighted by Crippen LogP contribution is 2.21. The van der Waals surface area contributed by atoms with E-state index in [1.807, 2.05) is 37.3 Å². The number of nitrogens with one attached hydrogen (secondary N) is 1. The molecule has 0 unspecified atom stereocenters. The van der Waals surface area contributed by atoms with Crippen LogP contribution in [-0.2, 0) is 6.54 Å². The number of nitrogens with zero attached hydrogens (tertiary/aromatic N) is 2. The summed E-state index contributed by atoms with van der Waals surface area (Å²) in [5, 5.41) is 0.500. The standard InChI is InChI=1S/C22H23ClN4O3/c1-2-3-13-26(21(29)16-9-11-17(23)12-10-16)18-19(24)27(22(30)25-20(18)28)14-15-7-5-4-6-8-15/h4-12H,2-3,13-14,24H2,1H3,(H,25,28,30). The Balaban J connectivity index is 2.09. The quantitative estimate of drug-likeness (QED) is 0.605. The van der Waals surface area contributed by atoms with Crippen molar-refractivity contribution in [3.8, 4) is 0 Å². The molecule has 1 heterocycles. The molecule has 3 N–H and O–H groups in total. The van der Waals surface area contributed by atoms with Gasteiger partial charge in [0.1, 0.15) is 5.82 Å². The third-order valence-corrected chi connectivity index (χ3v) is 4.99. The number of rotatable bonds is 7. The van der Waals surface area contributed by atoms with E-state index < -0.39 is 11.2 Å². The highest BCUT2D eigenvalue weighted by Gasteiger charge is 2.25. The van der Waals surface area contributed by atoms with Gasteiger partial charge < -0.3 is 10.6 Å². The van der Waals surface area contributed by atoms with Crippen molar-refractivity contribution in [3.63, 3.8) is 0 Å². The summed E-state index contributed by atoms with van der Waals surface area (Å²) in [6, 6.07) is 15.7. The Morgan fingerprint density at radius 1 is 1.10 bits per heavy atom. The Morgan fingerprint density at radius 2 is 1.77 bits per heavy atom. The number of carbonyl (C=O) groups excluding carboxylic acids is 1. The molecule has 0 fully saturated rings. The maximum Gasteiger partial charge on any atom is 0.330 e. The molecule has 0 radical (unpaired) electrons. The fraction of sp³-hybridized carbons (Fsp3) is 0.227. The number of nitrogens with two attached hydrogens (primary N) is 1. The Labute approximate surface area is 178 Å². The van der Waals surface area contributed by atoms with Crippen LogP contribution in [0.15, 0.2) is 64.2 Å². The molecule has 0 aliphatic heterocycles. The van der Waals surface area contributed by atoms with Gasteiger partial charge in [-0.1, -0.05) is 55.3 Å². The predicted octanol–water partition coefficient (Wildman–Crippen LogP) is 3.27. The zero-order valence-corrected chi connectivity index (χ0v) is 17.4. The zero-order valence-electron chi connectivity index (χ0n) is 16.6. The normalized spacial score (nSPS) is 10.7. The van der Waals surface area contributed by atoms with Crippen molar-refractivity contribution >= 4 is 29.0 Å². The minimum atomic E-state index is -0.694. The van der Waals surface area contributed by atoms with Gasteiger partial charge in [-0.2, -0.15) is 0 Å². The Kier molecular flexibility index (Phi) is 6.74. The van der Waals surface area contributed by atoms with Crippen LogP contribution in [0, 0.1) is 0 Å². The van der Waals surface area contributed by atoms with E-state index in [1.54, 1.807) is 24.3 Å². The van der Waals surface area contributed by atoms with Gasteiger partial charge in [0.15, 0.2) is 5.69 Å². The van der Waals surface area contributed by atoms with E-state index in [0.717, 1.165) is 12.0 Å². The molecule has 156 valence electrons. The second-order valence-electron chi connectivity index (χ2n) is 6.88. The minimum Gasteiger partial charge on any atom is -0.383 e. The first-order chi connectivity index (χ1) is 14.4. The van der Waals surface area contributed by atoms with Crippen molar-refractivity contribution in [2.75, 3.05) is 17.2 Å². The van der Waals surface area contributed by atoms with Gasteiger partial charge in [0.25, 0.3) is 11.5 Å². The lowest BCUT2D eigenvalue weighted by molar-refractivity contribution is 0.0986. The van der Waals surface area contributed by atoms with Crippen LogP contribution in [0.1, 0.15) is 35.7 Å². The molecule has 1 amide bonds. The summed E-state index contributed by atoms with van der Waals surface area (Å²) in [6.45, 7) is 2.44. The van der Waals surface area contributed by atoms with Gasteiger partial charge in [-0.05, 0) is 36.2 Å². The Morgan fingerprint density at radius 3 is 2.40 bits per heavy atom. The number of carbonyl (C=O) groups is 1. The molecule has 3 aromatic rings. The van der Waals surface area contributed by atoms with Crippen molar-refractivity contribution < 1.29 is 4.79 Å². The maximum atomic E-state index is 13.2. The minimum absolute atomic E-state index is 0.0288. The molecular formula is C22H23ClN4O3. The molecule has 0 spiro atoms. The number of halogens is 1. The van der Waals surface area contributed by atoms with Crippen LogP contribution < -0.4 is 21.9 Å². The van der Waals surface area contributed by atoms with Crippen LogP contribution in [0.5, 0.6) is 0 Å². The molecule has 0 saturated heterocycles. The van der Waals surface area contributed by atoms with Gasteiger partial charge in [0.05, 0.1) is 6.54 Å². The van der Waals surface area contributed by atoms with E-state index in [2.05, 4.69) is 4.98 Å². The molecule has 3 rings (SSSR count). The second kappa shape index (κ2) is 9.45. The van der Waals surface area contributed by atoms with Crippen molar-refractivity contribution in [3.05, 3.63) is 91.6 Å². The summed E-state index contributed by atoms with van der Waals surface area (Å²) in [5.74, 6) is -0.437. The Hall–Kier alpha value is -3.32. The van der Waals surface area contributed by atoms with Gasteiger partial charge in [-0.15, -0.1) is 0 Å². The van der Waals surface area contributed by atoms with Gasteiger partial charge in [-0.3, -0.25) is 19.1 Å². The number of hydrogen-bond donors (Lipinski definition) is 2. The van der Waals surface area contributed by atoms with Gasteiger partial charge in [-0.25, -0.2) is 4.79 Å². The Bertz CT molecular complexity index is 1140. The second-order valence-corrected chi connectivity index (χ2v) is 7.32. The summed E-state index contributed by atoms with van der Waals surface area (Å²) >= 11 is 5.92. The fourth-order valence-electron chi connectivity index (χ4n) is 3.14. The molecule has 1 aromatic heterocycles. The molecule has 0 bridgehead atoms. The van der Waals surface area contributed by atoms with E-state index >= 15 is 0 Å². The third-order valence-electron chi connectivity index (χ3n) is 4.74. The van der Waals surface area contributed by atoms with E-state index in [4.69, 9.17) is 17.3 Å². The molecular weight excluding hydrogens is 404 g/mol. The average molecular weight is 427 g/mol. The first-order valence-electron chi connectivity index (χ1n) is 9.66. The zero-order chi connectivity index (χ0) is 21.7. The lowest BCUT2D eigenvalue weighted by atomic mass is 10.1. The number of H-pyrrole nitrogens is 1. The van der Waals surface area contributed by atoms with Crippen molar-refractivity contribution in [2.24, 2.45) is 0 Å². The van der Waals surface area contributed by atoms with Crippen molar-refractivity contribution in [1.29, 1.82) is 0 Å². The number of unbranched alkanes of at least 4 members (excludes halogenated alkanes) is 1. The van der Waals surface area contributed by atoms with E-state index in [-0.39, 0.29) is 30.5 Å². The van der Waals surface area contributed by atoms with Crippen LogP contribution in [0.2, 0.25) is 5.02 Å². The molecule has 30 heavy (non-hydrogen) atoms. The summed E-state index contributed by atoms with van der Waals surface area (Å²) < 4.78 is 1.26. The maximum absolute atomic E-state index is 13.2. The number of anilines is 2. The molecule has 0 aliphatic rings. The van der Waals surface area contributed by atoms with E-state index in [1.165, 1.54) is 9.47 Å². The van der Waals surface area contributed by atoms with Crippen LogP contribution in [-0.4, -0.2) is 22.0 Å². The fourth-order valence-corrected chi connectivity index (χ4v) is 3.27. The summed E-state index contributed by atoms with van der Waals surface area (Å²) in [6.07, 6.45) is 1.47. The van der Waals surface area contributed by atoms with Gasteiger partial charge in [0.2, 0.25) is 0 Å².